The van der Waals surface area contributed by atoms with Crippen LogP contribution < -0.4 is 5.32 Å². The number of carbonyl (C=O) groups excluding carboxylic acids is 1. The first-order chi connectivity index (χ1) is 33.9. The molecule has 0 radical (unpaired) electrons. The van der Waals surface area contributed by atoms with Crippen LogP contribution in [-0.2, 0) is 28.9 Å². The lowest BCUT2D eigenvalue weighted by atomic mass is 9.99. The van der Waals surface area contributed by atoms with Crippen molar-refractivity contribution in [3.8, 4) is 0 Å². The molecule has 7 N–H and O–H groups in total. The molecule has 1 rings (SSSR count). The molecule has 8 unspecified atom stereocenters. The van der Waals surface area contributed by atoms with E-state index in [1.165, 1.54) is 199 Å². The Balaban J connectivity index is 2.45. The Bertz CT molecular complexity index is 1350. The summed E-state index contributed by atoms with van der Waals surface area (Å²) in [6, 6.07) is -1.13. The zero-order valence-corrected chi connectivity index (χ0v) is 45.3. The normalized spacial score (nSPS) is 20.1. The van der Waals surface area contributed by atoms with Gasteiger partial charge in [0.25, 0.3) is 0 Å². The maximum atomic E-state index is 13.2. The van der Waals surface area contributed by atoms with Crippen molar-refractivity contribution < 1.29 is 57.0 Å². The largest absolute Gasteiger partial charge is 0.397 e. The van der Waals surface area contributed by atoms with E-state index >= 15 is 0 Å². The summed E-state index contributed by atoms with van der Waals surface area (Å²) in [5.41, 5.74) is 0. The van der Waals surface area contributed by atoms with Crippen LogP contribution in [0.25, 0.3) is 0 Å². The molecule has 1 aliphatic heterocycles. The van der Waals surface area contributed by atoms with E-state index in [-0.39, 0.29) is 6.42 Å². The molecule has 14 heteroatoms. The van der Waals surface area contributed by atoms with Crippen molar-refractivity contribution in [1.82, 2.24) is 5.32 Å². The van der Waals surface area contributed by atoms with Gasteiger partial charge in [0, 0.05) is 0 Å². The van der Waals surface area contributed by atoms with E-state index in [1.807, 2.05) is 0 Å². The average Bonchev–Trinajstić information content (AvgIpc) is 3.33. The van der Waals surface area contributed by atoms with Gasteiger partial charge in [-0.2, -0.15) is 8.42 Å². The van der Waals surface area contributed by atoms with Crippen LogP contribution in [0.1, 0.15) is 264 Å². The van der Waals surface area contributed by atoms with E-state index in [2.05, 4.69) is 35.5 Å². The van der Waals surface area contributed by atoms with Crippen LogP contribution in [0, 0.1) is 0 Å². The highest BCUT2D eigenvalue weighted by atomic mass is 32.3. The summed E-state index contributed by atoms with van der Waals surface area (Å²) in [5, 5.41) is 55.5. The zero-order chi connectivity index (χ0) is 51.3. The van der Waals surface area contributed by atoms with Crippen LogP contribution in [-0.4, -0.2) is 107 Å². The molecule has 414 valence electrons. The van der Waals surface area contributed by atoms with E-state index in [9.17, 15) is 43.3 Å². The van der Waals surface area contributed by atoms with Crippen molar-refractivity contribution in [3.05, 3.63) is 24.3 Å². The quantitative estimate of drug-likeness (QED) is 0.0172. The number of ether oxygens (including phenoxy) is 2. The highest BCUT2D eigenvalue weighted by Crippen LogP contribution is 2.26. The number of hydrogen-bond acceptors (Lipinski definition) is 11. The Kier molecular flexibility index (Phi) is 43.8. The van der Waals surface area contributed by atoms with E-state index in [1.54, 1.807) is 6.08 Å². The fourth-order valence-electron chi connectivity index (χ4n) is 9.30. The van der Waals surface area contributed by atoms with Crippen LogP contribution in [0.3, 0.4) is 0 Å². The maximum absolute atomic E-state index is 13.2. The highest BCUT2D eigenvalue weighted by molar-refractivity contribution is 7.80. The first kappa shape index (κ1) is 66.6. The van der Waals surface area contributed by atoms with Crippen molar-refractivity contribution in [3.63, 3.8) is 0 Å². The van der Waals surface area contributed by atoms with E-state index in [0.29, 0.717) is 12.8 Å². The molecule has 13 nitrogen and oxygen atoms in total. The first-order valence-electron chi connectivity index (χ1n) is 28.8. The molecule has 8 atom stereocenters. The predicted molar refractivity (Wildman–Crippen MR) is 284 cm³/mol. The van der Waals surface area contributed by atoms with E-state index < -0.39 is 78.5 Å². The van der Waals surface area contributed by atoms with Gasteiger partial charge in [0.2, 0.25) is 5.91 Å². The third-order valence-corrected chi connectivity index (χ3v) is 14.3. The molecule has 0 aromatic rings. The molecule has 0 aromatic carbocycles. The lowest BCUT2D eigenvalue weighted by Crippen LogP contribution is -2.61. The predicted octanol–water partition coefficient (Wildman–Crippen LogP) is 12.2. The lowest BCUT2D eigenvalue weighted by Gasteiger charge is -2.41. The Morgan fingerprint density at radius 1 is 0.571 bits per heavy atom. The van der Waals surface area contributed by atoms with Crippen molar-refractivity contribution in [2.24, 2.45) is 0 Å². The minimum absolute atomic E-state index is 0.241. The Morgan fingerprint density at radius 3 is 1.37 bits per heavy atom. The molecular formula is C56H107NO12S. The standard InChI is InChI=1S/C56H107NO12S/c1-3-5-7-9-11-13-15-17-19-21-23-24-25-27-29-31-33-35-37-39-41-43-45-50(60)55(63)57-48(47-67-56-53(62)54(69-70(64,65)66)52(61)51(46-58)68-56)49(59)44-42-40-38-36-34-32-30-28-26-22-20-18-16-14-12-10-8-6-4-2/h34,36,42,44,48-54,56,58-62H,3-33,35,37-41,43,45-47H2,1-2H3,(H,57,63)(H,64,65,66)/b36-34+,44-42+. The van der Waals surface area contributed by atoms with Gasteiger partial charge in [0.1, 0.15) is 30.5 Å². The van der Waals surface area contributed by atoms with Gasteiger partial charge in [0.15, 0.2) is 6.29 Å². The highest BCUT2D eigenvalue weighted by Gasteiger charge is 2.48. The second-order valence-electron chi connectivity index (χ2n) is 20.4. The molecule has 1 saturated heterocycles. The fraction of sp³-hybridized carbons (Fsp3) is 0.911. The van der Waals surface area contributed by atoms with Crippen LogP contribution in [0.2, 0.25) is 0 Å². The molecule has 0 saturated carbocycles. The van der Waals surface area contributed by atoms with Gasteiger partial charge >= 0.3 is 10.4 Å². The number of aliphatic hydroxyl groups excluding tert-OH is 5. The first-order valence-corrected chi connectivity index (χ1v) is 30.2. The Hall–Kier alpha value is -1.46. The second-order valence-corrected chi connectivity index (χ2v) is 21.4. The van der Waals surface area contributed by atoms with Gasteiger partial charge in [0.05, 0.1) is 25.4 Å². The van der Waals surface area contributed by atoms with Crippen LogP contribution in [0.15, 0.2) is 24.3 Å². The number of rotatable bonds is 50. The van der Waals surface area contributed by atoms with Crippen molar-refractivity contribution in [1.29, 1.82) is 0 Å². The number of carbonyl (C=O) groups is 1. The topological polar surface area (TPSA) is 212 Å². The molecule has 1 amide bonds. The summed E-state index contributed by atoms with van der Waals surface area (Å²) in [4.78, 5) is 13.2. The molecular weight excluding hydrogens is 911 g/mol. The number of amides is 1. The fourth-order valence-corrected chi connectivity index (χ4v) is 9.81. The minimum Gasteiger partial charge on any atom is -0.394 e. The molecule has 1 heterocycles. The van der Waals surface area contributed by atoms with Crippen LogP contribution in [0.4, 0.5) is 0 Å². The summed E-state index contributed by atoms with van der Waals surface area (Å²) in [5.74, 6) is -0.706. The third-order valence-electron chi connectivity index (χ3n) is 13.8. The molecule has 70 heavy (non-hydrogen) atoms. The summed E-state index contributed by atoms with van der Waals surface area (Å²) in [6.07, 6.45) is 44.0. The summed E-state index contributed by atoms with van der Waals surface area (Å²) in [7, 11) is -5.13. The van der Waals surface area contributed by atoms with Gasteiger partial charge in [-0.3, -0.25) is 9.35 Å². The number of allylic oxidation sites excluding steroid dienone is 3. The van der Waals surface area contributed by atoms with Gasteiger partial charge < -0.3 is 40.3 Å². The molecule has 1 aliphatic rings. The average molecular weight is 1020 g/mol. The Morgan fingerprint density at radius 2 is 0.957 bits per heavy atom. The third kappa shape index (κ3) is 37.3. The summed E-state index contributed by atoms with van der Waals surface area (Å²) >= 11 is 0. The van der Waals surface area contributed by atoms with Crippen molar-refractivity contribution >= 4 is 16.3 Å². The smallest absolute Gasteiger partial charge is 0.394 e. The van der Waals surface area contributed by atoms with Gasteiger partial charge in [-0.25, -0.2) is 4.18 Å². The number of unbranched alkanes of at least 4 members (excludes halogenated alkanes) is 35. The Labute approximate surface area is 427 Å². The van der Waals surface area contributed by atoms with Gasteiger partial charge in [-0.1, -0.05) is 256 Å². The van der Waals surface area contributed by atoms with Crippen molar-refractivity contribution in [2.75, 3.05) is 13.2 Å². The molecule has 0 bridgehead atoms. The summed E-state index contributed by atoms with van der Waals surface area (Å²) in [6.45, 7) is 3.25. The number of aliphatic hydroxyl groups is 5. The SMILES string of the molecule is CCCCCCCCCCCCCCC/C=C/CC/C=C/C(O)C(COC1OC(CO)C(O)C(OS(=O)(=O)O)C1O)NC(=O)C(O)CCCCCCCCCCCCCCCCCCCCCCCC. The molecule has 0 aliphatic carbocycles. The number of nitrogens with one attached hydrogen (secondary N) is 1. The zero-order valence-electron chi connectivity index (χ0n) is 44.5. The molecule has 1 fully saturated rings. The van der Waals surface area contributed by atoms with Crippen LogP contribution in [0.5, 0.6) is 0 Å². The molecule has 0 spiro atoms. The molecule has 0 aromatic heterocycles. The minimum atomic E-state index is -5.13. The maximum Gasteiger partial charge on any atom is 0.397 e. The van der Waals surface area contributed by atoms with Crippen molar-refractivity contribution in [2.45, 2.75) is 313 Å². The number of hydrogen-bond donors (Lipinski definition) is 7. The van der Waals surface area contributed by atoms with E-state index in [0.717, 1.165) is 38.5 Å². The summed E-state index contributed by atoms with van der Waals surface area (Å²) < 4.78 is 47.7. The monoisotopic (exact) mass is 1020 g/mol. The lowest BCUT2D eigenvalue weighted by molar-refractivity contribution is -0.298. The van der Waals surface area contributed by atoms with E-state index in [4.69, 9.17) is 9.47 Å². The van der Waals surface area contributed by atoms with Crippen LogP contribution >= 0.6 is 0 Å². The second kappa shape index (κ2) is 46.1. The van der Waals surface area contributed by atoms with Gasteiger partial charge in [-0.15, -0.1) is 0 Å². The van der Waals surface area contributed by atoms with Gasteiger partial charge in [-0.05, 0) is 32.1 Å².